The van der Waals surface area contributed by atoms with Gasteiger partial charge >= 0.3 is 44.3 Å². The third kappa shape index (κ3) is 4.83. The molecule has 0 aliphatic rings. The fourth-order valence-electron chi connectivity index (χ4n) is 1.10. The smallest absolute Gasteiger partial charge is 0.281 e. The van der Waals surface area contributed by atoms with Gasteiger partial charge < -0.3 is 0 Å². The van der Waals surface area contributed by atoms with Gasteiger partial charge in [0.25, 0.3) is 19.9 Å². The van der Waals surface area contributed by atoms with Gasteiger partial charge in [0, 0.05) is 0 Å². The molecule has 0 N–H and O–H groups in total. The van der Waals surface area contributed by atoms with E-state index < -0.39 is 64.2 Å². The largest absolute Gasteiger partial charge is 0.504 e. The molecule has 0 aliphatic heterocycles. The zero-order chi connectivity index (χ0) is 26.6. The summed E-state index contributed by atoms with van der Waals surface area (Å²) in [6.45, 7) is 0. The Morgan fingerprint density at radius 1 is 0.594 bits per heavy atom. The molecule has 0 aliphatic carbocycles. The van der Waals surface area contributed by atoms with E-state index in [0.29, 0.717) is 3.77 Å². The maximum Gasteiger partial charge on any atom is 0.504 e. The van der Waals surface area contributed by atoms with E-state index in [1.165, 1.54) is 0 Å². The Morgan fingerprint density at radius 3 is 1.22 bits per heavy atom. The van der Waals surface area contributed by atoms with Crippen molar-refractivity contribution in [3.8, 4) is 0 Å². The summed E-state index contributed by atoms with van der Waals surface area (Å²) < 4.78 is 239. The van der Waals surface area contributed by atoms with Gasteiger partial charge in [-0.3, -0.25) is 4.18 Å². The first kappa shape index (κ1) is 30.8. The van der Waals surface area contributed by atoms with Crippen molar-refractivity contribution in [3.05, 3.63) is 0 Å². The molecule has 0 fully saturated rings. The highest BCUT2D eigenvalue weighted by Gasteiger charge is 2.85. The van der Waals surface area contributed by atoms with Gasteiger partial charge in [-0.2, -0.15) is 74.3 Å². The van der Waals surface area contributed by atoms with E-state index in [9.17, 15) is 82.7 Å². The molecule has 0 radical (unpaired) electrons. The average Bonchev–Trinajstić information content (AvgIpc) is 2.50. The van der Waals surface area contributed by atoms with Gasteiger partial charge in [-0.15, -0.1) is 0 Å². The third-order valence-electron chi connectivity index (χ3n) is 2.66. The molecule has 0 heterocycles. The van der Waals surface area contributed by atoms with Crippen LogP contribution in [0.3, 0.4) is 0 Å². The second-order valence-electron chi connectivity index (χ2n) is 4.82. The summed E-state index contributed by atoms with van der Waals surface area (Å²) in [6, 6.07) is 0. The van der Waals surface area contributed by atoms with Gasteiger partial charge in [-0.1, -0.05) is 7.54 Å². The molecular weight excluding hydrogens is 573 g/mol. The molecule has 194 valence electrons. The molecule has 2 unspecified atom stereocenters. The minimum atomic E-state index is -8.50. The van der Waals surface area contributed by atoms with Crippen LogP contribution in [-0.4, -0.2) is 58.2 Å². The molecular formula is C7H3F15N2O5S3. The van der Waals surface area contributed by atoms with Crippen molar-refractivity contribution in [3.63, 3.8) is 0 Å². The fourth-order valence-corrected chi connectivity index (χ4v) is 5.86. The summed E-state index contributed by atoms with van der Waals surface area (Å²) in [5, 5.41) is -7.99. The second-order valence-corrected chi connectivity index (χ2v) is 10.7. The van der Waals surface area contributed by atoms with Crippen LogP contribution in [0.2, 0.25) is 0 Å². The highest BCUT2D eigenvalue weighted by molar-refractivity contribution is 8.07. The summed E-state index contributed by atoms with van der Waals surface area (Å²) in [4.78, 5) is 0. The lowest BCUT2D eigenvalue weighted by atomic mass is 10.1. The monoisotopic (exact) mass is 576 g/mol. The van der Waals surface area contributed by atoms with Crippen molar-refractivity contribution in [1.82, 2.24) is 0 Å². The Kier molecular flexibility index (Phi) is 7.61. The van der Waals surface area contributed by atoms with Crippen molar-refractivity contribution in [2.24, 2.45) is 7.54 Å². The van der Waals surface area contributed by atoms with Crippen LogP contribution in [0.15, 0.2) is 7.54 Å². The Balaban J connectivity index is 7.49. The van der Waals surface area contributed by atoms with E-state index >= 15 is 0 Å². The molecule has 0 bridgehead atoms. The summed E-state index contributed by atoms with van der Waals surface area (Å²) >= 11 is 0. The Hall–Kier alpha value is -1.24. The highest BCUT2D eigenvalue weighted by atomic mass is 32.3. The van der Waals surface area contributed by atoms with E-state index in [2.05, 4.69) is 4.18 Å². The zero-order valence-corrected chi connectivity index (χ0v) is 16.3. The normalized spacial score (nSPS) is 19.1. The predicted octanol–water partition coefficient (Wildman–Crippen LogP) is 4.19. The van der Waals surface area contributed by atoms with Crippen molar-refractivity contribution < 1.29 is 86.9 Å². The topological polar surface area (TPSA) is 102 Å². The first-order valence-electron chi connectivity index (χ1n) is 6.17. The summed E-state index contributed by atoms with van der Waals surface area (Å²) in [6.07, 6.45) is -7.66. The van der Waals surface area contributed by atoms with Crippen LogP contribution in [0.25, 0.3) is 0 Å². The molecule has 0 aromatic heterocycles. The van der Waals surface area contributed by atoms with E-state index in [1.807, 2.05) is 0 Å². The maximum atomic E-state index is 13.4. The van der Waals surface area contributed by atoms with Gasteiger partial charge in [-0.05, 0) is 0 Å². The summed E-state index contributed by atoms with van der Waals surface area (Å²) in [5.74, 6) is -16.2. The van der Waals surface area contributed by atoms with Gasteiger partial charge in [-0.25, -0.2) is 8.42 Å². The van der Waals surface area contributed by atoms with E-state index in [-0.39, 0.29) is 7.11 Å². The first-order valence-corrected chi connectivity index (χ1v) is 10.5. The van der Waals surface area contributed by atoms with E-state index in [1.54, 1.807) is 0 Å². The first-order chi connectivity index (χ1) is 13.5. The van der Waals surface area contributed by atoms with Crippen LogP contribution in [0, 0.1) is 0 Å². The molecule has 2 atom stereocenters. The Bertz CT molecular complexity index is 1070. The number of hydrogen-bond acceptors (Lipinski definition) is 5. The van der Waals surface area contributed by atoms with Crippen molar-refractivity contribution in [1.29, 1.82) is 0 Å². The van der Waals surface area contributed by atoms with Crippen molar-refractivity contribution in [2.75, 3.05) is 7.11 Å². The van der Waals surface area contributed by atoms with Crippen LogP contribution in [-0.2, 0) is 34.1 Å². The molecule has 0 aromatic carbocycles. The minimum absolute atomic E-state index is 0.364. The Labute approximate surface area is 166 Å². The lowest BCUT2D eigenvalue weighted by molar-refractivity contribution is -0.382. The quantitative estimate of drug-likeness (QED) is 0.442. The zero-order valence-electron chi connectivity index (χ0n) is 13.8. The SMILES string of the molecule is COS(=O)(=NS(=O)(=NS(=O)(=O)C(F)(F)C(F)(F)C(F)(F)C(F)(F)F)C(F)(F)F)C(F)(F)F. The predicted molar refractivity (Wildman–Crippen MR) is 70.1 cm³/mol. The number of hydrogen-bond donors (Lipinski definition) is 0. The van der Waals surface area contributed by atoms with Crippen LogP contribution < -0.4 is 0 Å². The second kappa shape index (κ2) is 7.92. The number of alkyl halides is 15. The Morgan fingerprint density at radius 2 is 0.969 bits per heavy atom. The number of halogens is 15. The number of nitrogens with zero attached hydrogens (tertiary/aromatic N) is 2. The van der Waals surface area contributed by atoms with E-state index in [0.717, 1.165) is 3.77 Å². The third-order valence-corrected chi connectivity index (χ3v) is 8.39. The van der Waals surface area contributed by atoms with Gasteiger partial charge in [0.05, 0.1) is 7.11 Å². The van der Waals surface area contributed by atoms with Crippen molar-refractivity contribution >= 4 is 29.9 Å². The molecule has 7 nitrogen and oxygen atoms in total. The van der Waals surface area contributed by atoms with Crippen LogP contribution in [0.5, 0.6) is 0 Å². The maximum absolute atomic E-state index is 13.4. The van der Waals surface area contributed by atoms with E-state index in [4.69, 9.17) is 0 Å². The molecule has 0 spiro atoms. The lowest BCUT2D eigenvalue weighted by Gasteiger charge is -2.32. The van der Waals surface area contributed by atoms with Gasteiger partial charge in [0.15, 0.2) is 0 Å². The fraction of sp³-hybridized carbons (Fsp3) is 1.00. The van der Waals surface area contributed by atoms with Crippen LogP contribution >= 0.6 is 0 Å². The van der Waals surface area contributed by atoms with Crippen molar-refractivity contribution in [2.45, 2.75) is 34.3 Å². The highest BCUT2D eigenvalue weighted by Crippen LogP contribution is 2.55. The van der Waals surface area contributed by atoms with Gasteiger partial charge in [0.2, 0.25) is 0 Å². The molecule has 0 rings (SSSR count). The van der Waals surface area contributed by atoms with Crippen LogP contribution in [0.4, 0.5) is 65.9 Å². The van der Waals surface area contributed by atoms with Gasteiger partial charge in [0.1, 0.15) is 0 Å². The molecule has 0 saturated heterocycles. The lowest BCUT2D eigenvalue weighted by Crippen LogP contribution is -2.63. The summed E-state index contributed by atoms with van der Waals surface area (Å²) in [5.41, 5.74) is -13.8. The molecule has 0 amide bonds. The summed E-state index contributed by atoms with van der Waals surface area (Å²) in [7, 11) is -23.8. The standard InChI is InChI=1S/C7H3F15N2O5S3/c1-29-32(28,7(20,21)22)24-30(25,6(17,18)19)23-31(26,27)5(15,16)3(10,11)2(8,9)4(12,13)14/h1H3. The minimum Gasteiger partial charge on any atom is -0.281 e. The average molecular weight is 576 g/mol. The number of rotatable bonds is 6. The molecule has 25 heteroatoms. The van der Waals surface area contributed by atoms with Crippen LogP contribution in [0.1, 0.15) is 0 Å². The number of sulfonamides is 1. The molecule has 32 heavy (non-hydrogen) atoms. The molecule has 0 aromatic rings. The molecule has 0 saturated carbocycles.